The normalized spacial score (nSPS) is 14.2. The molecule has 0 bridgehead atoms. The molecule has 8 heteroatoms. The number of nitrogens with zero attached hydrogens (tertiary/aromatic N) is 5. The third kappa shape index (κ3) is 5.06. The van der Waals surface area contributed by atoms with E-state index in [1.165, 1.54) is 0 Å². The molecule has 0 unspecified atom stereocenters. The first-order valence-corrected chi connectivity index (χ1v) is 11.4. The molecule has 0 atom stereocenters. The van der Waals surface area contributed by atoms with E-state index in [1.54, 1.807) is 16.9 Å². The Bertz CT molecular complexity index is 1140. The molecule has 0 radical (unpaired) electrons. The molecule has 8 nitrogen and oxygen atoms in total. The first-order chi connectivity index (χ1) is 16.8. The summed E-state index contributed by atoms with van der Waals surface area (Å²) in [6.07, 6.45) is 4.96. The number of hydrogen-bond donors (Lipinski definition) is 1. The third-order valence-corrected chi connectivity index (χ3v) is 5.92. The minimum Gasteiger partial charge on any atom is -0.473 e. The van der Waals surface area contributed by atoms with Gasteiger partial charge in [-0.05, 0) is 23.3 Å². The van der Waals surface area contributed by atoms with E-state index in [-0.39, 0.29) is 18.2 Å². The second kappa shape index (κ2) is 10.2. The average molecular weight is 455 g/mol. The number of likely N-dealkylation sites (tertiary alicyclic amines) is 1. The molecular formula is C26H26N6O2. The van der Waals surface area contributed by atoms with Gasteiger partial charge in [0.2, 0.25) is 5.88 Å². The Morgan fingerprint density at radius 1 is 0.882 bits per heavy atom. The van der Waals surface area contributed by atoms with Crippen LogP contribution in [-0.4, -0.2) is 50.1 Å². The van der Waals surface area contributed by atoms with Gasteiger partial charge in [-0.3, -0.25) is 0 Å². The van der Waals surface area contributed by atoms with Crippen LogP contribution in [0.3, 0.4) is 0 Å². The highest BCUT2D eigenvalue weighted by atomic mass is 16.5. The van der Waals surface area contributed by atoms with Gasteiger partial charge in [-0.15, -0.1) is 10.2 Å². The molecule has 1 aliphatic heterocycles. The number of aromatic nitrogens is 4. The zero-order valence-corrected chi connectivity index (χ0v) is 18.7. The van der Waals surface area contributed by atoms with Crippen molar-refractivity contribution in [3.63, 3.8) is 0 Å². The molecule has 1 N–H and O–H groups in total. The molecule has 0 spiro atoms. The largest absolute Gasteiger partial charge is 0.473 e. The number of carbonyl (C=O) groups excluding carboxylic acids is 1. The van der Waals surface area contributed by atoms with Crippen LogP contribution in [0.1, 0.15) is 30.0 Å². The van der Waals surface area contributed by atoms with Crippen molar-refractivity contribution < 1.29 is 9.53 Å². The zero-order chi connectivity index (χ0) is 23.2. The third-order valence-electron chi connectivity index (χ3n) is 5.92. The van der Waals surface area contributed by atoms with Gasteiger partial charge < -0.3 is 15.0 Å². The monoisotopic (exact) mass is 454 g/mol. The Morgan fingerprint density at radius 3 is 2.12 bits per heavy atom. The molecule has 2 amide bonds. The highest BCUT2D eigenvalue weighted by Gasteiger charge is 2.26. The fraction of sp³-hybridized carbons (Fsp3) is 0.231. The van der Waals surface area contributed by atoms with Crippen LogP contribution < -0.4 is 10.1 Å². The van der Waals surface area contributed by atoms with Gasteiger partial charge in [0.1, 0.15) is 6.10 Å². The average Bonchev–Trinajstić information content (AvgIpc) is 3.44. The van der Waals surface area contributed by atoms with Gasteiger partial charge in [0.05, 0.1) is 6.04 Å². The van der Waals surface area contributed by atoms with Crippen molar-refractivity contribution in [1.82, 2.24) is 30.2 Å². The maximum atomic E-state index is 13.1. The first-order valence-electron chi connectivity index (χ1n) is 11.4. The molecule has 1 aliphatic rings. The van der Waals surface area contributed by atoms with Crippen molar-refractivity contribution in [3.8, 4) is 11.7 Å². The number of piperidine rings is 1. The van der Waals surface area contributed by atoms with Gasteiger partial charge in [0.25, 0.3) is 0 Å². The molecule has 1 saturated heterocycles. The SMILES string of the molecule is O=C(NC(c1ccccc1)c1ccccc1)N1CCC(Oc2ccc(-n3cccn3)nn2)CC1. The zero-order valence-electron chi connectivity index (χ0n) is 18.7. The highest BCUT2D eigenvalue weighted by Crippen LogP contribution is 2.23. The minimum atomic E-state index is -0.201. The van der Waals surface area contributed by atoms with Gasteiger partial charge in [-0.25, -0.2) is 9.48 Å². The Balaban J connectivity index is 1.17. The van der Waals surface area contributed by atoms with Gasteiger partial charge in [-0.2, -0.15) is 5.10 Å². The summed E-state index contributed by atoms with van der Waals surface area (Å²) >= 11 is 0. The van der Waals surface area contributed by atoms with E-state index in [9.17, 15) is 4.79 Å². The topological polar surface area (TPSA) is 85.2 Å². The molecule has 4 aromatic rings. The molecule has 1 fully saturated rings. The van der Waals surface area contributed by atoms with Crippen molar-refractivity contribution in [2.75, 3.05) is 13.1 Å². The first kappa shape index (κ1) is 21.6. The number of rotatable bonds is 6. The van der Waals surface area contributed by atoms with Crippen molar-refractivity contribution in [1.29, 1.82) is 0 Å². The van der Waals surface area contributed by atoms with Gasteiger partial charge in [-0.1, -0.05) is 60.7 Å². The number of ether oxygens (including phenoxy) is 1. The molecule has 0 aliphatic carbocycles. The van der Waals surface area contributed by atoms with E-state index in [2.05, 4.69) is 20.6 Å². The fourth-order valence-corrected chi connectivity index (χ4v) is 4.11. The molecule has 0 saturated carbocycles. The van der Waals surface area contributed by atoms with E-state index in [0.717, 1.165) is 24.0 Å². The van der Waals surface area contributed by atoms with Crippen LogP contribution >= 0.6 is 0 Å². The van der Waals surface area contributed by atoms with E-state index in [4.69, 9.17) is 4.74 Å². The minimum absolute atomic E-state index is 0.00653. The van der Waals surface area contributed by atoms with Crippen LogP contribution in [0.2, 0.25) is 0 Å². The predicted molar refractivity (Wildman–Crippen MR) is 128 cm³/mol. The number of benzene rings is 2. The van der Waals surface area contributed by atoms with Crippen molar-refractivity contribution in [3.05, 3.63) is 102 Å². The number of hydrogen-bond acceptors (Lipinski definition) is 5. The molecule has 2 aromatic heterocycles. The Hall–Kier alpha value is -4.20. The van der Waals surface area contributed by atoms with Crippen LogP contribution in [0.5, 0.6) is 5.88 Å². The summed E-state index contributed by atoms with van der Waals surface area (Å²) in [5.74, 6) is 1.11. The van der Waals surface area contributed by atoms with Gasteiger partial charge in [0.15, 0.2) is 5.82 Å². The number of amides is 2. The van der Waals surface area contributed by atoms with Crippen LogP contribution in [0, 0.1) is 0 Å². The van der Waals surface area contributed by atoms with E-state index < -0.39 is 0 Å². The smallest absolute Gasteiger partial charge is 0.318 e. The lowest BCUT2D eigenvalue weighted by molar-refractivity contribution is 0.106. The van der Waals surface area contributed by atoms with Crippen molar-refractivity contribution >= 4 is 6.03 Å². The van der Waals surface area contributed by atoms with Gasteiger partial charge >= 0.3 is 6.03 Å². The van der Waals surface area contributed by atoms with Crippen molar-refractivity contribution in [2.45, 2.75) is 25.0 Å². The number of urea groups is 1. The summed E-state index contributed by atoms with van der Waals surface area (Å²) in [6.45, 7) is 1.23. The second-order valence-electron chi connectivity index (χ2n) is 8.19. The quantitative estimate of drug-likeness (QED) is 0.476. The Morgan fingerprint density at radius 2 is 1.56 bits per heavy atom. The molecule has 172 valence electrons. The standard InChI is InChI=1S/C26H26N6O2/c33-26(28-25(20-8-3-1-4-9-20)21-10-5-2-6-11-21)31-18-14-22(15-19-31)34-24-13-12-23(29-30-24)32-17-7-16-27-32/h1-13,16-17,22,25H,14-15,18-19H2,(H,28,33). The van der Waals surface area contributed by atoms with Gasteiger partial charge in [0, 0.05) is 44.4 Å². The molecule has 2 aromatic carbocycles. The highest BCUT2D eigenvalue weighted by molar-refractivity contribution is 5.75. The summed E-state index contributed by atoms with van der Waals surface area (Å²) < 4.78 is 7.66. The summed E-state index contributed by atoms with van der Waals surface area (Å²) in [6, 6.07) is 25.3. The maximum absolute atomic E-state index is 13.1. The molecule has 5 rings (SSSR count). The Labute approximate surface area is 198 Å². The second-order valence-corrected chi connectivity index (χ2v) is 8.19. The lowest BCUT2D eigenvalue weighted by Gasteiger charge is -2.33. The summed E-state index contributed by atoms with van der Waals surface area (Å²) in [5, 5.41) is 15.7. The summed E-state index contributed by atoms with van der Waals surface area (Å²) in [7, 11) is 0. The van der Waals surface area contributed by atoms with Crippen LogP contribution in [0.4, 0.5) is 4.79 Å². The molecule has 34 heavy (non-hydrogen) atoms. The van der Waals surface area contributed by atoms with Crippen LogP contribution in [-0.2, 0) is 0 Å². The fourth-order valence-electron chi connectivity index (χ4n) is 4.11. The van der Waals surface area contributed by atoms with Crippen LogP contribution in [0.15, 0.2) is 91.3 Å². The lowest BCUT2D eigenvalue weighted by Crippen LogP contribution is -2.47. The van der Waals surface area contributed by atoms with Crippen molar-refractivity contribution in [2.24, 2.45) is 0 Å². The summed E-state index contributed by atoms with van der Waals surface area (Å²) in [5.41, 5.74) is 2.11. The maximum Gasteiger partial charge on any atom is 0.318 e. The molecular weight excluding hydrogens is 428 g/mol. The summed E-state index contributed by atoms with van der Waals surface area (Å²) in [4.78, 5) is 15.0. The number of nitrogens with one attached hydrogen (secondary N) is 1. The Kier molecular flexibility index (Phi) is 6.47. The number of carbonyl (C=O) groups is 1. The van der Waals surface area contributed by atoms with E-state index in [1.807, 2.05) is 83.9 Å². The predicted octanol–water partition coefficient (Wildman–Crippen LogP) is 4.00. The van der Waals surface area contributed by atoms with E-state index in [0.29, 0.717) is 24.8 Å². The van der Waals surface area contributed by atoms with E-state index >= 15 is 0 Å². The molecule has 3 heterocycles. The lowest BCUT2D eigenvalue weighted by atomic mass is 9.99. The van der Waals surface area contributed by atoms with Crippen LogP contribution in [0.25, 0.3) is 5.82 Å².